The molecule has 1 aromatic heterocycles. The third-order valence-corrected chi connectivity index (χ3v) is 3.47. The molecule has 1 saturated heterocycles. The lowest BCUT2D eigenvalue weighted by Crippen LogP contribution is -2.26. The fourth-order valence-electron chi connectivity index (χ4n) is 1.98. The van der Waals surface area contributed by atoms with Gasteiger partial charge in [-0.1, -0.05) is 5.11 Å². The third kappa shape index (κ3) is 2.86. The number of nitro groups is 1. The van der Waals surface area contributed by atoms with Gasteiger partial charge in [0.05, 0.1) is 9.40 Å². The first-order valence-electron chi connectivity index (χ1n) is 5.64. The molecule has 0 bridgehead atoms. The summed E-state index contributed by atoms with van der Waals surface area (Å²) in [6.45, 7) is 0.616. The number of carbonyl (C=O) groups is 1. The van der Waals surface area contributed by atoms with Crippen LogP contribution in [0.1, 0.15) is 6.42 Å². The van der Waals surface area contributed by atoms with Crippen LogP contribution in [0.2, 0.25) is 0 Å². The molecule has 1 atom stereocenters. The van der Waals surface area contributed by atoms with E-state index >= 15 is 0 Å². The van der Waals surface area contributed by atoms with Crippen LogP contribution < -0.4 is 4.90 Å². The largest absolute Gasteiger partial charge is 0.296 e. The predicted octanol–water partition coefficient (Wildman–Crippen LogP) is 2.42. The van der Waals surface area contributed by atoms with Gasteiger partial charge in [-0.3, -0.25) is 19.8 Å². The van der Waals surface area contributed by atoms with Crippen molar-refractivity contribution in [2.45, 2.75) is 6.42 Å². The summed E-state index contributed by atoms with van der Waals surface area (Å²) in [5, 5.41) is 14.1. The second kappa shape index (κ2) is 5.85. The van der Waals surface area contributed by atoms with Crippen LogP contribution in [0.25, 0.3) is 10.4 Å². The standard InChI is InChI=1S/C10H9BrN6O3/c11-8-2-7(17(19)20)4-13-10(8)16-5-6(1-9(16)18)3-14-15-12/h2,4,6H,1,3,5H2. The molecule has 10 heteroatoms. The summed E-state index contributed by atoms with van der Waals surface area (Å²) in [4.78, 5) is 30.1. The molecule has 20 heavy (non-hydrogen) atoms. The maximum absolute atomic E-state index is 11.9. The Balaban J connectivity index is 2.21. The van der Waals surface area contributed by atoms with Crippen LogP contribution in [0.3, 0.4) is 0 Å². The number of halogens is 1. The molecule has 0 aliphatic carbocycles. The van der Waals surface area contributed by atoms with Gasteiger partial charge in [-0.25, -0.2) is 4.98 Å². The molecular formula is C10H9BrN6O3. The minimum Gasteiger partial charge on any atom is -0.296 e. The zero-order valence-electron chi connectivity index (χ0n) is 10.1. The van der Waals surface area contributed by atoms with Crippen molar-refractivity contribution < 1.29 is 9.72 Å². The lowest BCUT2D eigenvalue weighted by atomic mass is 10.1. The van der Waals surface area contributed by atoms with Gasteiger partial charge in [0.25, 0.3) is 5.69 Å². The number of aromatic nitrogens is 1. The second-order valence-electron chi connectivity index (χ2n) is 4.24. The van der Waals surface area contributed by atoms with Crippen molar-refractivity contribution in [2.75, 3.05) is 18.0 Å². The van der Waals surface area contributed by atoms with Crippen molar-refractivity contribution in [3.8, 4) is 0 Å². The molecule has 1 unspecified atom stereocenters. The Morgan fingerprint density at radius 2 is 2.45 bits per heavy atom. The number of anilines is 1. The van der Waals surface area contributed by atoms with E-state index in [1.54, 1.807) is 0 Å². The SMILES string of the molecule is [N-]=[N+]=NCC1CC(=O)N(c2ncc([N+](=O)[O-])cc2Br)C1. The van der Waals surface area contributed by atoms with Crippen LogP contribution in [0, 0.1) is 16.0 Å². The zero-order valence-corrected chi connectivity index (χ0v) is 11.7. The average Bonchev–Trinajstić information content (AvgIpc) is 2.77. The molecule has 1 aromatic rings. The van der Waals surface area contributed by atoms with E-state index in [9.17, 15) is 14.9 Å². The third-order valence-electron chi connectivity index (χ3n) is 2.88. The first kappa shape index (κ1) is 14.2. The fourth-order valence-corrected chi connectivity index (χ4v) is 2.53. The van der Waals surface area contributed by atoms with E-state index in [2.05, 4.69) is 30.9 Å². The van der Waals surface area contributed by atoms with E-state index in [-0.39, 0.29) is 30.5 Å². The van der Waals surface area contributed by atoms with Crippen molar-refractivity contribution >= 4 is 33.3 Å². The molecule has 1 fully saturated rings. The number of carbonyl (C=O) groups excluding carboxylic acids is 1. The molecule has 0 radical (unpaired) electrons. The van der Waals surface area contributed by atoms with Gasteiger partial charge in [-0.05, 0) is 27.4 Å². The Hall–Kier alpha value is -2.19. The predicted molar refractivity (Wildman–Crippen MR) is 73.1 cm³/mol. The highest BCUT2D eigenvalue weighted by Crippen LogP contribution is 2.31. The second-order valence-corrected chi connectivity index (χ2v) is 5.10. The monoisotopic (exact) mass is 340 g/mol. The number of pyridine rings is 1. The summed E-state index contributed by atoms with van der Waals surface area (Å²) in [6.07, 6.45) is 1.37. The van der Waals surface area contributed by atoms with Crippen LogP contribution in [-0.4, -0.2) is 28.9 Å². The quantitative estimate of drug-likeness (QED) is 0.274. The Labute approximate surface area is 121 Å². The maximum Gasteiger partial charge on any atom is 0.288 e. The van der Waals surface area contributed by atoms with Gasteiger partial charge in [0.2, 0.25) is 5.91 Å². The maximum atomic E-state index is 11.9. The normalized spacial score (nSPS) is 17.9. The Bertz CT molecular complexity index is 615. The lowest BCUT2D eigenvalue weighted by Gasteiger charge is -2.16. The molecule has 0 N–H and O–H groups in total. The van der Waals surface area contributed by atoms with E-state index < -0.39 is 4.92 Å². The van der Waals surface area contributed by atoms with Crippen molar-refractivity contribution in [1.29, 1.82) is 0 Å². The molecule has 2 rings (SSSR count). The molecular weight excluding hydrogens is 332 g/mol. The topological polar surface area (TPSA) is 125 Å². The highest BCUT2D eigenvalue weighted by Gasteiger charge is 2.32. The lowest BCUT2D eigenvalue weighted by molar-refractivity contribution is -0.385. The van der Waals surface area contributed by atoms with Crippen LogP contribution in [0.4, 0.5) is 11.5 Å². The molecule has 104 valence electrons. The van der Waals surface area contributed by atoms with Gasteiger partial charge in [0.1, 0.15) is 12.0 Å². The molecule has 0 spiro atoms. The van der Waals surface area contributed by atoms with E-state index in [1.807, 2.05) is 0 Å². The molecule has 1 aliphatic rings. The van der Waals surface area contributed by atoms with Crippen LogP contribution in [-0.2, 0) is 4.79 Å². The minimum absolute atomic E-state index is 0.0673. The fraction of sp³-hybridized carbons (Fsp3) is 0.400. The zero-order chi connectivity index (χ0) is 14.7. The summed E-state index contributed by atoms with van der Waals surface area (Å²) >= 11 is 3.18. The molecule has 0 saturated carbocycles. The Morgan fingerprint density at radius 1 is 1.70 bits per heavy atom. The van der Waals surface area contributed by atoms with Gasteiger partial charge in [-0.15, -0.1) is 0 Å². The van der Waals surface area contributed by atoms with Gasteiger partial charge in [-0.2, -0.15) is 0 Å². The number of amides is 1. The number of nitrogens with zero attached hydrogens (tertiary/aromatic N) is 6. The van der Waals surface area contributed by atoms with E-state index in [4.69, 9.17) is 5.53 Å². The average molecular weight is 341 g/mol. The van der Waals surface area contributed by atoms with Crippen LogP contribution in [0.15, 0.2) is 21.9 Å². The first-order chi connectivity index (χ1) is 9.52. The highest BCUT2D eigenvalue weighted by molar-refractivity contribution is 9.10. The number of hydrogen-bond acceptors (Lipinski definition) is 5. The Kier molecular flexibility index (Phi) is 4.16. The van der Waals surface area contributed by atoms with Gasteiger partial charge in [0.15, 0.2) is 0 Å². The van der Waals surface area contributed by atoms with Crippen molar-refractivity contribution in [3.63, 3.8) is 0 Å². The summed E-state index contributed by atoms with van der Waals surface area (Å²) in [7, 11) is 0. The smallest absolute Gasteiger partial charge is 0.288 e. The number of rotatable bonds is 4. The van der Waals surface area contributed by atoms with Crippen molar-refractivity contribution in [3.05, 3.63) is 37.3 Å². The molecule has 0 aromatic carbocycles. The van der Waals surface area contributed by atoms with E-state index in [0.29, 0.717) is 16.8 Å². The van der Waals surface area contributed by atoms with Gasteiger partial charge >= 0.3 is 0 Å². The van der Waals surface area contributed by atoms with Crippen LogP contribution >= 0.6 is 15.9 Å². The van der Waals surface area contributed by atoms with Gasteiger partial charge < -0.3 is 0 Å². The number of azide groups is 1. The molecule has 1 amide bonds. The van der Waals surface area contributed by atoms with Crippen molar-refractivity contribution in [1.82, 2.24) is 4.98 Å². The highest BCUT2D eigenvalue weighted by atomic mass is 79.9. The van der Waals surface area contributed by atoms with Crippen molar-refractivity contribution in [2.24, 2.45) is 11.0 Å². The first-order valence-corrected chi connectivity index (χ1v) is 6.43. The summed E-state index contributed by atoms with van der Waals surface area (Å²) in [6, 6.07) is 1.30. The Morgan fingerprint density at radius 3 is 3.05 bits per heavy atom. The molecule has 2 heterocycles. The molecule has 1 aliphatic heterocycles. The molecule has 9 nitrogen and oxygen atoms in total. The summed E-state index contributed by atoms with van der Waals surface area (Å²) in [5.41, 5.74) is 8.12. The summed E-state index contributed by atoms with van der Waals surface area (Å²) in [5.74, 6) is 0.122. The number of hydrogen-bond donors (Lipinski definition) is 0. The van der Waals surface area contributed by atoms with Gasteiger partial charge in [0, 0.05) is 30.5 Å². The summed E-state index contributed by atoms with van der Waals surface area (Å²) < 4.78 is 0.379. The minimum atomic E-state index is -0.558. The van der Waals surface area contributed by atoms with Crippen LogP contribution in [0.5, 0.6) is 0 Å². The van der Waals surface area contributed by atoms with E-state index in [0.717, 1.165) is 6.20 Å². The van der Waals surface area contributed by atoms with E-state index in [1.165, 1.54) is 11.0 Å².